The van der Waals surface area contributed by atoms with Crippen LogP contribution >= 0.6 is 0 Å². The van der Waals surface area contributed by atoms with Crippen LogP contribution in [-0.4, -0.2) is 23.0 Å². The second kappa shape index (κ2) is 7.08. The van der Waals surface area contributed by atoms with Crippen LogP contribution in [0.4, 0.5) is 0 Å². The van der Waals surface area contributed by atoms with Crippen molar-refractivity contribution in [3.63, 3.8) is 0 Å². The molecule has 1 unspecified atom stereocenters. The molecule has 0 radical (unpaired) electrons. The van der Waals surface area contributed by atoms with Crippen LogP contribution in [0.1, 0.15) is 28.9 Å². The van der Waals surface area contributed by atoms with E-state index in [1.807, 2.05) is 86.8 Å². The molecule has 4 heteroatoms. The van der Waals surface area contributed by atoms with Gasteiger partial charge in [-0.3, -0.25) is 4.79 Å². The molecule has 0 bridgehead atoms. The van der Waals surface area contributed by atoms with Crippen LogP contribution in [0.2, 0.25) is 0 Å². The summed E-state index contributed by atoms with van der Waals surface area (Å²) < 4.78 is 5.54. The summed E-state index contributed by atoms with van der Waals surface area (Å²) in [5, 5.41) is 4.96. The van der Waals surface area contributed by atoms with E-state index in [-0.39, 0.29) is 11.9 Å². The smallest absolute Gasteiger partial charge is 0.254 e. The van der Waals surface area contributed by atoms with Gasteiger partial charge in [0, 0.05) is 18.2 Å². The fourth-order valence-corrected chi connectivity index (χ4v) is 3.21. The Balaban J connectivity index is 1.68. The molecule has 1 amide bonds. The first-order valence-electron chi connectivity index (χ1n) is 8.92. The normalized spacial score (nSPS) is 12.1. The molecular weight excluding hydrogens is 336 g/mol. The lowest BCUT2D eigenvalue weighted by Crippen LogP contribution is -2.29. The van der Waals surface area contributed by atoms with Crippen molar-refractivity contribution in [1.29, 1.82) is 0 Å². The fourth-order valence-electron chi connectivity index (χ4n) is 3.21. The summed E-state index contributed by atoms with van der Waals surface area (Å²) in [5.41, 5.74) is 3.40. The Labute approximate surface area is 158 Å². The topological polar surface area (TPSA) is 46.3 Å². The number of benzene rings is 3. The Morgan fingerprint density at radius 2 is 1.63 bits per heavy atom. The molecule has 0 aliphatic rings. The van der Waals surface area contributed by atoms with E-state index >= 15 is 0 Å². The van der Waals surface area contributed by atoms with E-state index in [0.717, 1.165) is 22.0 Å². The maximum atomic E-state index is 13.0. The highest BCUT2D eigenvalue weighted by Crippen LogP contribution is 2.30. The number of hydrogen-bond acceptors (Lipinski definition) is 3. The molecule has 4 rings (SSSR count). The van der Waals surface area contributed by atoms with Gasteiger partial charge >= 0.3 is 0 Å². The summed E-state index contributed by atoms with van der Waals surface area (Å²) in [5.74, 6) is 0.646. The standard InChI is InChI=1S/C23H20N2O2/c1-16(17-9-5-3-6-10-17)25(2)23(26)19-13-14-21-20(15-19)22(27-24-21)18-11-7-4-8-12-18/h3-16H,1-2H3. The molecule has 0 fully saturated rings. The van der Waals surface area contributed by atoms with E-state index in [0.29, 0.717) is 11.3 Å². The van der Waals surface area contributed by atoms with E-state index in [2.05, 4.69) is 5.16 Å². The third-order valence-electron chi connectivity index (χ3n) is 4.94. The van der Waals surface area contributed by atoms with Gasteiger partial charge in [-0.15, -0.1) is 0 Å². The molecule has 134 valence electrons. The zero-order valence-corrected chi connectivity index (χ0v) is 15.3. The average molecular weight is 356 g/mol. The van der Waals surface area contributed by atoms with Gasteiger partial charge in [0.2, 0.25) is 0 Å². The Morgan fingerprint density at radius 1 is 0.963 bits per heavy atom. The highest BCUT2D eigenvalue weighted by Gasteiger charge is 2.20. The van der Waals surface area contributed by atoms with E-state index in [1.54, 1.807) is 11.0 Å². The van der Waals surface area contributed by atoms with E-state index in [1.165, 1.54) is 0 Å². The van der Waals surface area contributed by atoms with Crippen LogP contribution in [0.25, 0.3) is 22.2 Å². The Bertz CT molecular complexity index is 1070. The zero-order chi connectivity index (χ0) is 18.8. The average Bonchev–Trinajstić information content (AvgIpc) is 3.16. The summed E-state index contributed by atoms with van der Waals surface area (Å²) >= 11 is 0. The molecule has 0 aliphatic heterocycles. The first-order chi connectivity index (χ1) is 13.1. The molecule has 1 aromatic heterocycles. The molecule has 0 saturated heterocycles. The SMILES string of the molecule is CC(c1ccccc1)N(C)C(=O)c1ccc2noc(-c3ccccc3)c2c1. The lowest BCUT2D eigenvalue weighted by atomic mass is 10.0. The number of carbonyl (C=O) groups is 1. The molecule has 1 atom stereocenters. The Kier molecular flexibility index (Phi) is 4.47. The van der Waals surface area contributed by atoms with Crippen molar-refractivity contribution in [3.8, 4) is 11.3 Å². The van der Waals surface area contributed by atoms with Crippen LogP contribution < -0.4 is 0 Å². The number of carbonyl (C=O) groups excluding carboxylic acids is 1. The zero-order valence-electron chi connectivity index (χ0n) is 15.3. The summed E-state index contributed by atoms with van der Waals surface area (Å²) in [7, 11) is 1.83. The number of nitrogens with zero attached hydrogens (tertiary/aromatic N) is 2. The van der Waals surface area contributed by atoms with Crippen molar-refractivity contribution in [2.24, 2.45) is 0 Å². The number of fused-ring (bicyclic) bond motifs is 1. The fraction of sp³-hybridized carbons (Fsp3) is 0.130. The summed E-state index contributed by atoms with van der Waals surface area (Å²) in [6.45, 7) is 2.03. The molecule has 0 saturated carbocycles. The van der Waals surface area contributed by atoms with Crippen molar-refractivity contribution in [2.75, 3.05) is 7.05 Å². The van der Waals surface area contributed by atoms with Gasteiger partial charge in [-0.25, -0.2) is 0 Å². The monoisotopic (exact) mass is 356 g/mol. The highest BCUT2D eigenvalue weighted by molar-refractivity contribution is 6.01. The molecule has 1 heterocycles. The summed E-state index contributed by atoms with van der Waals surface area (Å²) in [4.78, 5) is 14.8. The van der Waals surface area contributed by atoms with Crippen LogP contribution in [0.15, 0.2) is 83.4 Å². The molecule has 3 aromatic carbocycles. The van der Waals surface area contributed by atoms with Crippen LogP contribution in [0, 0.1) is 0 Å². The van der Waals surface area contributed by atoms with E-state index in [4.69, 9.17) is 4.52 Å². The molecule has 27 heavy (non-hydrogen) atoms. The Hall–Kier alpha value is -3.40. The quantitative estimate of drug-likeness (QED) is 0.497. The highest BCUT2D eigenvalue weighted by atomic mass is 16.5. The van der Waals surface area contributed by atoms with Crippen molar-refractivity contribution < 1.29 is 9.32 Å². The van der Waals surface area contributed by atoms with Crippen molar-refractivity contribution >= 4 is 16.8 Å². The molecule has 0 spiro atoms. The van der Waals surface area contributed by atoms with Crippen molar-refractivity contribution in [2.45, 2.75) is 13.0 Å². The minimum atomic E-state index is -0.0338. The first-order valence-corrected chi connectivity index (χ1v) is 8.92. The minimum Gasteiger partial charge on any atom is -0.355 e. The van der Waals surface area contributed by atoms with E-state index < -0.39 is 0 Å². The van der Waals surface area contributed by atoms with Crippen LogP contribution in [0.3, 0.4) is 0 Å². The van der Waals surface area contributed by atoms with Gasteiger partial charge in [0.15, 0.2) is 5.76 Å². The van der Waals surface area contributed by atoms with E-state index in [9.17, 15) is 4.79 Å². The maximum Gasteiger partial charge on any atom is 0.254 e. The number of rotatable bonds is 4. The van der Waals surface area contributed by atoms with Gasteiger partial charge in [0.25, 0.3) is 5.91 Å². The van der Waals surface area contributed by atoms with Gasteiger partial charge in [-0.2, -0.15) is 0 Å². The van der Waals surface area contributed by atoms with Crippen LogP contribution in [-0.2, 0) is 0 Å². The summed E-state index contributed by atoms with van der Waals surface area (Å²) in [6, 6.07) is 25.3. The number of amides is 1. The van der Waals surface area contributed by atoms with Gasteiger partial charge in [-0.1, -0.05) is 65.8 Å². The van der Waals surface area contributed by atoms with Crippen molar-refractivity contribution in [3.05, 3.63) is 90.0 Å². The molecule has 4 nitrogen and oxygen atoms in total. The second-order valence-corrected chi connectivity index (χ2v) is 6.61. The Morgan fingerprint density at radius 3 is 2.33 bits per heavy atom. The lowest BCUT2D eigenvalue weighted by molar-refractivity contribution is 0.0743. The molecule has 4 aromatic rings. The third-order valence-corrected chi connectivity index (χ3v) is 4.94. The van der Waals surface area contributed by atoms with Gasteiger partial charge in [-0.05, 0) is 30.7 Å². The summed E-state index contributed by atoms with van der Waals surface area (Å²) in [6.07, 6.45) is 0. The second-order valence-electron chi connectivity index (χ2n) is 6.61. The van der Waals surface area contributed by atoms with Gasteiger partial charge in [0.1, 0.15) is 5.52 Å². The molecular formula is C23H20N2O2. The van der Waals surface area contributed by atoms with Crippen molar-refractivity contribution in [1.82, 2.24) is 10.1 Å². The largest absolute Gasteiger partial charge is 0.355 e. The van der Waals surface area contributed by atoms with Gasteiger partial charge in [0.05, 0.1) is 11.4 Å². The van der Waals surface area contributed by atoms with Gasteiger partial charge < -0.3 is 9.42 Å². The minimum absolute atomic E-state index is 0.0227. The maximum absolute atomic E-state index is 13.0. The third kappa shape index (κ3) is 3.22. The lowest BCUT2D eigenvalue weighted by Gasteiger charge is -2.25. The number of aromatic nitrogens is 1. The molecule has 0 N–H and O–H groups in total. The molecule has 0 aliphatic carbocycles. The first kappa shape index (κ1) is 17.0. The van der Waals surface area contributed by atoms with Crippen LogP contribution in [0.5, 0.6) is 0 Å². The predicted molar refractivity (Wildman–Crippen MR) is 106 cm³/mol. The number of hydrogen-bond donors (Lipinski definition) is 0. The predicted octanol–water partition coefficient (Wildman–Crippen LogP) is 5.33.